The van der Waals surface area contributed by atoms with E-state index < -0.39 is 0 Å². The van der Waals surface area contributed by atoms with Crippen LogP contribution in [0, 0.1) is 5.92 Å². The fourth-order valence-corrected chi connectivity index (χ4v) is 2.21. The lowest BCUT2D eigenvalue weighted by atomic mass is 10.1. The fourth-order valence-electron chi connectivity index (χ4n) is 2.21. The molecule has 1 N–H and O–H groups in total. The Balaban J connectivity index is 1.79. The summed E-state index contributed by atoms with van der Waals surface area (Å²) in [6.07, 6.45) is -0.345. The van der Waals surface area contributed by atoms with Gasteiger partial charge in [-0.25, -0.2) is 0 Å². The minimum absolute atomic E-state index is 0.0625. The van der Waals surface area contributed by atoms with Crippen LogP contribution in [0.15, 0.2) is 29.3 Å². The van der Waals surface area contributed by atoms with E-state index in [0.717, 1.165) is 5.75 Å². The highest BCUT2D eigenvalue weighted by atomic mass is 16.6. The molecule has 100 valence electrons. The van der Waals surface area contributed by atoms with E-state index in [9.17, 15) is 4.79 Å². The van der Waals surface area contributed by atoms with Gasteiger partial charge in [-0.3, -0.25) is 9.79 Å². The summed E-state index contributed by atoms with van der Waals surface area (Å²) in [7, 11) is 0. The lowest BCUT2D eigenvalue weighted by Crippen LogP contribution is -2.43. The summed E-state index contributed by atoms with van der Waals surface area (Å²) < 4.78 is 11.4. The number of hydrogen-bond acceptors (Lipinski definition) is 4. The van der Waals surface area contributed by atoms with Crippen LogP contribution >= 0.6 is 0 Å². The number of ether oxygens (including phenoxy) is 2. The van der Waals surface area contributed by atoms with Gasteiger partial charge in [0.15, 0.2) is 17.6 Å². The van der Waals surface area contributed by atoms with Gasteiger partial charge in [0.25, 0.3) is 5.91 Å². The first-order chi connectivity index (χ1) is 9.15. The molecule has 0 fully saturated rings. The molecule has 5 heteroatoms. The monoisotopic (exact) mass is 260 g/mol. The number of aliphatic imine (C=N–C) groups is 1. The molecule has 1 amide bonds. The zero-order valence-corrected chi connectivity index (χ0v) is 10.9. The number of hydrogen-bond donors (Lipinski definition) is 1. The lowest BCUT2D eigenvalue weighted by molar-refractivity contribution is -0.120. The van der Waals surface area contributed by atoms with Gasteiger partial charge in [0.2, 0.25) is 0 Å². The maximum Gasteiger partial charge on any atom is 0.250 e. The molecule has 3 rings (SSSR count). The van der Waals surface area contributed by atoms with E-state index >= 15 is 0 Å². The zero-order chi connectivity index (χ0) is 13.4. The fraction of sp³-hybridized carbons (Fsp3) is 0.429. The van der Waals surface area contributed by atoms with Crippen LogP contribution in [0.4, 0.5) is 0 Å². The van der Waals surface area contributed by atoms with Crippen LogP contribution < -0.4 is 14.8 Å². The second-order valence-corrected chi connectivity index (χ2v) is 5.06. The van der Waals surface area contributed by atoms with E-state index in [1.807, 2.05) is 38.1 Å². The molecule has 2 heterocycles. The largest absolute Gasteiger partial charge is 0.485 e. The zero-order valence-electron chi connectivity index (χ0n) is 10.9. The lowest BCUT2D eigenvalue weighted by Gasteiger charge is -2.26. The Morgan fingerprint density at radius 2 is 2.05 bits per heavy atom. The van der Waals surface area contributed by atoms with Crippen molar-refractivity contribution >= 4 is 11.7 Å². The minimum Gasteiger partial charge on any atom is -0.485 e. The third-order valence-electron chi connectivity index (χ3n) is 3.24. The number of carbonyl (C=O) groups excluding carboxylic acids is 1. The predicted molar refractivity (Wildman–Crippen MR) is 70.6 cm³/mol. The number of rotatable bonds is 2. The molecular formula is C14H16N2O3. The molecule has 2 unspecified atom stereocenters. The first kappa shape index (κ1) is 12.0. The quantitative estimate of drug-likeness (QED) is 0.874. The Bertz CT molecular complexity index is 539. The Hall–Kier alpha value is -2.04. The second-order valence-electron chi connectivity index (χ2n) is 5.06. The van der Waals surface area contributed by atoms with E-state index in [4.69, 9.17) is 9.47 Å². The molecule has 1 aromatic carbocycles. The molecule has 0 aromatic heterocycles. The number of amides is 1. The van der Waals surface area contributed by atoms with Crippen LogP contribution in [0.5, 0.6) is 11.5 Å². The molecular weight excluding hydrogens is 244 g/mol. The number of carbonyl (C=O) groups is 1. The third-order valence-corrected chi connectivity index (χ3v) is 3.24. The SMILES string of the molecule is CC(C)C1N=C(C2COc3ccccc3O2)NC1=O. The van der Waals surface area contributed by atoms with Crippen molar-refractivity contribution in [2.75, 3.05) is 6.61 Å². The summed E-state index contributed by atoms with van der Waals surface area (Å²) in [5, 5.41) is 2.79. The highest BCUT2D eigenvalue weighted by molar-refractivity contribution is 6.08. The first-order valence-corrected chi connectivity index (χ1v) is 6.42. The summed E-state index contributed by atoms with van der Waals surface area (Å²) in [5.74, 6) is 2.09. The van der Waals surface area contributed by atoms with Crippen LogP contribution in [0.25, 0.3) is 0 Å². The summed E-state index contributed by atoms with van der Waals surface area (Å²) in [5.41, 5.74) is 0. The Morgan fingerprint density at radius 1 is 1.32 bits per heavy atom. The van der Waals surface area contributed by atoms with Gasteiger partial charge in [0, 0.05) is 0 Å². The Morgan fingerprint density at radius 3 is 2.74 bits per heavy atom. The van der Waals surface area contributed by atoms with Crippen molar-refractivity contribution in [2.24, 2.45) is 10.9 Å². The van der Waals surface area contributed by atoms with Gasteiger partial charge in [-0.2, -0.15) is 0 Å². The molecule has 2 aliphatic rings. The molecule has 1 aromatic rings. The first-order valence-electron chi connectivity index (χ1n) is 6.42. The maximum atomic E-state index is 11.8. The predicted octanol–water partition coefficient (Wildman–Crippen LogP) is 1.38. The molecule has 5 nitrogen and oxygen atoms in total. The van der Waals surface area contributed by atoms with Crippen molar-refractivity contribution in [3.63, 3.8) is 0 Å². The van der Waals surface area contributed by atoms with Gasteiger partial charge in [-0.1, -0.05) is 26.0 Å². The molecule has 0 bridgehead atoms. The van der Waals surface area contributed by atoms with Gasteiger partial charge < -0.3 is 14.8 Å². The van der Waals surface area contributed by atoms with Crippen molar-refractivity contribution in [1.29, 1.82) is 0 Å². The third kappa shape index (κ3) is 2.16. The van der Waals surface area contributed by atoms with Crippen LogP contribution in [0.2, 0.25) is 0 Å². The average molecular weight is 260 g/mol. The van der Waals surface area contributed by atoms with Gasteiger partial charge in [-0.05, 0) is 18.1 Å². The molecule has 19 heavy (non-hydrogen) atoms. The number of benzene rings is 1. The maximum absolute atomic E-state index is 11.8. The highest BCUT2D eigenvalue weighted by Gasteiger charge is 2.35. The smallest absolute Gasteiger partial charge is 0.250 e. The summed E-state index contributed by atoms with van der Waals surface area (Å²) in [6, 6.07) is 7.16. The second kappa shape index (κ2) is 4.57. The van der Waals surface area contributed by atoms with E-state index in [1.165, 1.54) is 0 Å². The number of para-hydroxylation sites is 2. The van der Waals surface area contributed by atoms with Crippen LogP contribution in [0.3, 0.4) is 0 Å². The van der Waals surface area contributed by atoms with Crippen molar-refractivity contribution in [3.8, 4) is 11.5 Å². The summed E-state index contributed by atoms with van der Waals surface area (Å²) in [6.45, 7) is 4.31. The number of nitrogens with zero attached hydrogens (tertiary/aromatic N) is 1. The van der Waals surface area contributed by atoms with Crippen molar-refractivity contribution in [3.05, 3.63) is 24.3 Å². The summed E-state index contributed by atoms with van der Waals surface area (Å²) >= 11 is 0. The average Bonchev–Trinajstić information content (AvgIpc) is 2.80. The van der Waals surface area contributed by atoms with Crippen LogP contribution in [-0.2, 0) is 4.79 Å². The van der Waals surface area contributed by atoms with E-state index in [0.29, 0.717) is 18.2 Å². The Labute approximate surface area is 111 Å². The number of nitrogens with one attached hydrogen (secondary N) is 1. The van der Waals surface area contributed by atoms with Gasteiger partial charge in [0.05, 0.1) is 0 Å². The number of amidine groups is 1. The summed E-state index contributed by atoms with van der Waals surface area (Å²) in [4.78, 5) is 16.2. The molecule has 2 atom stereocenters. The van der Waals surface area contributed by atoms with E-state index in [-0.39, 0.29) is 24.0 Å². The molecule has 0 spiro atoms. The minimum atomic E-state index is -0.345. The molecule has 0 saturated carbocycles. The molecule has 0 radical (unpaired) electrons. The molecule has 2 aliphatic heterocycles. The van der Waals surface area contributed by atoms with E-state index in [1.54, 1.807) is 0 Å². The topological polar surface area (TPSA) is 59.9 Å². The number of fused-ring (bicyclic) bond motifs is 1. The van der Waals surface area contributed by atoms with Gasteiger partial charge in [-0.15, -0.1) is 0 Å². The highest BCUT2D eigenvalue weighted by Crippen LogP contribution is 2.31. The van der Waals surface area contributed by atoms with Crippen molar-refractivity contribution in [1.82, 2.24) is 5.32 Å². The normalized spacial score (nSPS) is 25.2. The van der Waals surface area contributed by atoms with Crippen molar-refractivity contribution < 1.29 is 14.3 Å². The molecule has 0 aliphatic carbocycles. The van der Waals surface area contributed by atoms with Gasteiger partial charge >= 0.3 is 0 Å². The standard InChI is InChI=1S/C14H16N2O3/c1-8(2)12-14(17)16-13(15-12)11-7-18-9-5-3-4-6-10(9)19-11/h3-6,8,11-12H,7H2,1-2H3,(H,15,16,17). The van der Waals surface area contributed by atoms with Crippen molar-refractivity contribution in [2.45, 2.75) is 26.0 Å². The van der Waals surface area contributed by atoms with Gasteiger partial charge in [0.1, 0.15) is 18.5 Å². The Kier molecular flexibility index (Phi) is 2.89. The molecule has 0 saturated heterocycles. The van der Waals surface area contributed by atoms with Crippen LogP contribution in [-0.4, -0.2) is 30.5 Å². The van der Waals surface area contributed by atoms with Crippen LogP contribution in [0.1, 0.15) is 13.8 Å². The van der Waals surface area contributed by atoms with E-state index in [2.05, 4.69) is 10.3 Å².